The van der Waals surface area contributed by atoms with Gasteiger partial charge in [0.15, 0.2) is 0 Å². The van der Waals surface area contributed by atoms with Crippen molar-refractivity contribution in [2.75, 3.05) is 5.32 Å². The molecule has 0 spiro atoms. The lowest BCUT2D eigenvalue weighted by atomic mass is 10.0. The lowest BCUT2D eigenvalue weighted by Gasteiger charge is -2.15. The van der Waals surface area contributed by atoms with E-state index in [0.717, 1.165) is 36.2 Å². The lowest BCUT2D eigenvalue weighted by molar-refractivity contribution is -0.119. The first-order chi connectivity index (χ1) is 11.5. The molecular formula is C19H23N3O2. The highest BCUT2D eigenvalue weighted by atomic mass is 16.2. The third kappa shape index (κ3) is 3.25. The molecule has 1 atom stereocenters. The average Bonchev–Trinajstić information content (AvgIpc) is 3.01. The molecule has 1 aliphatic carbocycles. The molecule has 0 fully saturated rings. The molecule has 24 heavy (non-hydrogen) atoms. The quantitative estimate of drug-likeness (QED) is 0.939. The highest BCUT2D eigenvalue weighted by Gasteiger charge is 2.21. The summed E-state index contributed by atoms with van der Waals surface area (Å²) in [6, 6.07) is 8.76. The highest BCUT2D eigenvalue weighted by molar-refractivity contribution is 5.93. The molecule has 0 aliphatic heterocycles. The number of fused-ring (bicyclic) bond motifs is 1. The molecule has 5 heteroatoms. The van der Waals surface area contributed by atoms with Crippen LogP contribution in [0.1, 0.15) is 56.0 Å². The number of nitrogens with one attached hydrogen (secondary N) is 1. The SMILES string of the molecule is CC(C)c1ccc(NC(=O)C(C)n2nc3c(cc2=O)CCC3)cc1. The second-order valence-corrected chi connectivity index (χ2v) is 6.69. The van der Waals surface area contributed by atoms with Gasteiger partial charge < -0.3 is 5.32 Å². The van der Waals surface area contributed by atoms with Gasteiger partial charge in [0.2, 0.25) is 5.91 Å². The maximum atomic E-state index is 12.5. The van der Waals surface area contributed by atoms with E-state index in [-0.39, 0.29) is 11.5 Å². The standard InChI is InChI=1S/C19H23N3O2/c1-12(2)14-7-9-16(10-8-14)20-19(24)13(3)22-18(23)11-15-5-4-6-17(15)21-22/h7-13H,4-6H2,1-3H3,(H,20,24). The van der Waals surface area contributed by atoms with Crippen molar-refractivity contribution in [1.29, 1.82) is 0 Å². The van der Waals surface area contributed by atoms with E-state index in [1.54, 1.807) is 13.0 Å². The molecule has 1 aromatic heterocycles. The Kier molecular flexibility index (Phi) is 4.51. The Hall–Kier alpha value is -2.43. The Morgan fingerprint density at radius 1 is 1.17 bits per heavy atom. The first-order valence-electron chi connectivity index (χ1n) is 8.48. The van der Waals surface area contributed by atoms with E-state index < -0.39 is 6.04 Å². The number of carbonyl (C=O) groups excluding carboxylic acids is 1. The third-order valence-electron chi connectivity index (χ3n) is 4.57. The molecule has 0 bridgehead atoms. The number of rotatable bonds is 4. The Morgan fingerprint density at radius 3 is 2.54 bits per heavy atom. The van der Waals surface area contributed by atoms with E-state index in [0.29, 0.717) is 5.92 Å². The summed E-state index contributed by atoms with van der Waals surface area (Å²) in [4.78, 5) is 24.7. The van der Waals surface area contributed by atoms with E-state index in [1.807, 2.05) is 24.3 Å². The molecule has 1 heterocycles. The summed E-state index contributed by atoms with van der Waals surface area (Å²) in [7, 11) is 0. The number of aromatic nitrogens is 2. The molecule has 2 aromatic rings. The zero-order valence-corrected chi connectivity index (χ0v) is 14.4. The number of carbonyl (C=O) groups is 1. The smallest absolute Gasteiger partial charge is 0.267 e. The van der Waals surface area contributed by atoms with Crippen LogP contribution in [0.15, 0.2) is 35.1 Å². The predicted octanol–water partition coefficient (Wildman–Crippen LogP) is 3.06. The minimum atomic E-state index is -0.645. The van der Waals surface area contributed by atoms with Crippen molar-refractivity contribution in [1.82, 2.24) is 9.78 Å². The minimum absolute atomic E-state index is 0.214. The van der Waals surface area contributed by atoms with Crippen LogP contribution in [-0.2, 0) is 17.6 Å². The van der Waals surface area contributed by atoms with Crippen LogP contribution in [0.3, 0.4) is 0 Å². The van der Waals surface area contributed by atoms with Gasteiger partial charge in [0.05, 0.1) is 5.69 Å². The van der Waals surface area contributed by atoms with E-state index in [9.17, 15) is 9.59 Å². The van der Waals surface area contributed by atoms with E-state index in [1.165, 1.54) is 10.2 Å². The van der Waals surface area contributed by atoms with Crippen molar-refractivity contribution >= 4 is 11.6 Å². The average molecular weight is 325 g/mol. The Bertz CT molecular complexity index is 806. The molecular weight excluding hydrogens is 302 g/mol. The summed E-state index contributed by atoms with van der Waals surface area (Å²) in [5.74, 6) is 0.211. The van der Waals surface area contributed by atoms with Gasteiger partial charge in [0.1, 0.15) is 6.04 Å². The largest absolute Gasteiger partial charge is 0.324 e. The second-order valence-electron chi connectivity index (χ2n) is 6.69. The Balaban J connectivity index is 1.76. The van der Waals surface area contributed by atoms with Gasteiger partial charge in [-0.2, -0.15) is 5.10 Å². The molecule has 0 saturated heterocycles. The molecule has 0 radical (unpaired) electrons. The fraction of sp³-hybridized carbons (Fsp3) is 0.421. The van der Waals surface area contributed by atoms with Gasteiger partial charge in [-0.25, -0.2) is 4.68 Å². The summed E-state index contributed by atoms with van der Waals surface area (Å²) in [5, 5.41) is 7.26. The van der Waals surface area contributed by atoms with E-state index >= 15 is 0 Å². The zero-order chi connectivity index (χ0) is 17.3. The minimum Gasteiger partial charge on any atom is -0.324 e. The van der Waals surface area contributed by atoms with Crippen LogP contribution in [0.2, 0.25) is 0 Å². The topological polar surface area (TPSA) is 64.0 Å². The van der Waals surface area contributed by atoms with Gasteiger partial charge in [-0.05, 0) is 55.4 Å². The number of anilines is 1. The summed E-state index contributed by atoms with van der Waals surface area (Å²) < 4.78 is 1.29. The summed E-state index contributed by atoms with van der Waals surface area (Å²) in [5.41, 5.74) is 3.69. The first-order valence-corrected chi connectivity index (χ1v) is 8.48. The maximum absolute atomic E-state index is 12.5. The Morgan fingerprint density at radius 2 is 1.88 bits per heavy atom. The molecule has 5 nitrogen and oxygen atoms in total. The predicted molar refractivity (Wildman–Crippen MR) is 94.4 cm³/mol. The number of benzene rings is 1. The third-order valence-corrected chi connectivity index (χ3v) is 4.57. The summed E-state index contributed by atoms with van der Waals surface area (Å²) in [6.07, 6.45) is 2.80. The monoisotopic (exact) mass is 325 g/mol. The van der Waals surface area contributed by atoms with Crippen LogP contribution in [0.25, 0.3) is 0 Å². The van der Waals surface area contributed by atoms with E-state index in [2.05, 4.69) is 24.3 Å². The number of nitrogens with zero attached hydrogens (tertiary/aromatic N) is 2. The van der Waals surface area contributed by atoms with Gasteiger partial charge in [-0.15, -0.1) is 0 Å². The number of amides is 1. The normalized spacial score (nSPS) is 14.5. The maximum Gasteiger partial charge on any atom is 0.267 e. The number of aryl methyl sites for hydroxylation is 2. The second kappa shape index (κ2) is 6.59. The van der Waals surface area contributed by atoms with Crippen molar-refractivity contribution in [3.05, 3.63) is 57.5 Å². The van der Waals surface area contributed by atoms with Crippen LogP contribution in [0.5, 0.6) is 0 Å². The van der Waals surface area contributed by atoms with Crippen LogP contribution < -0.4 is 10.9 Å². The molecule has 0 saturated carbocycles. The fourth-order valence-electron chi connectivity index (χ4n) is 3.00. The van der Waals surface area contributed by atoms with Gasteiger partial charge in [-0.1, -0.05) is 26.0 Å². The van der Waals surface area contributed by atoms with Crippen molar-refractivity contribution < 1.29 is 4.79 Å². The first kappa shape index (κ1) is 16.4. The molecule has 1 N–H and O–H groups in total. The van der Waals surface area contributed by atoms with Gasteiger partial charge in [0.25, 0.3) is 5.56 Å². The van der Waals surface area contributed by atoms with Crippen LogP contribution >= 0.6 is 0 Å². The molecule has 126 valence electrons. The zero-order valence-electron chi connectivity index (χ0n) is 14.4. The summed E-state index contributed by atoms with van der Waals surface area (Å²) in [6.45, 7) is 5.96. The van der Waals surface area contributed by atoms with Crippen LogP contribution in [0.4, 0.5) is 5.69 Å². The van der Waals surface area contributed by atoms with Crippen LogP contribution in [-0.4, -0.2) is 15.7 Å². The van der Waals surface area contributed by atoms with Crippen LogP contribution in [0, 0.1) is 0 Å². The van der Waals surface area contributed by atoms with Crippen molar-refractivity contribution in [3.8, 4) is 0 Å². The number of hydrogen-bond donors (Lipinski definition) is 1. The molecule has 1 aromatic carbocycles. The summed E-state index contributed by atoms with van der Waals surface area (Å²) >= 11 is 0. The number of hydrogen-bond acceptors (Lipinski definition) is 3. The lowest BCUT2D eigenvalue weighted by Crippen LogP contribution is -2.33. The fourth-order valence-corrected chi connectivity index (χ4v) is 3.00. The van der Waals surface area contributed by atoms with Crippen molar-refractivity contribution in [2.24, 2.45) is 0 Å². The van der Waals surface area contributed by atoms with Crippen molar-refractivity contribution in [2.45, 2.75) is 52.0 Å². The van der Waals surface area contributed by atoms with Gasteiger partial charge in [0, 0.05) is 11.8 Å². The molecule has 1 unspecified atom stereocenters. The Labute approximate surface area is 141 Å². The van der Waals surface area contributed by atoms with Gasteiger partial charge >= 0.3 is 0 Å². The highest BCUT2D eigenvalue weighted by Crippen LogP contribution is 2.20. The molecule has 1 aliphatic rings. The van der Waals surface area contributed by atoms with Gasteiger partial charge in [-0.3, -0.25) is 9.59 Å². The van der Waals surface area contributed by atoms with Crippen molar-refractivity contribution in [3.63, 3.8) is 0 Å². The molecule has 3 rings (SSSR count). The van der Waals surface area contributed by atoms with E-state index in [4.69, 9.17) is 0 Å². The molecule has 1 amide bonds.